The molecule has 0 aliphatic rings. The molecule has 2 nitrogen and oxygen atoms in total. The number of benzene rings is 1. The van der Waals surface area contributed by atoms with Crippen LogP contribution in [0, 0.1) is 0 Å². The van der Waals surface area contributed by atoms with E-state index in [2.05, 4.69) is 0 Å². The van der Waals surface area contributed by atoms with Crippen LogP contribution in [0.2, 0.25) is 0 Å². The molecule has 0 heterocycles. The predicted octanol–water partition coefficient (Wildman–Crippen LogP) is 2.70. The summed E-state index contributed by atoms with van der Waals surface area (Å²) in [4.78, 5) is 0. The van der Waals surface area contributed by atoms with E-state index in [1.54, 1.807) is 0 Å². The summed E-state index contributed by atoms with van der Waals surface area (Å²) < 4.78 is 0. The average Bonchev–Trinajstić information content (AvgIpc) is 2.08. The van der Waals surface area contributed by atoms with Crippen LogP contribution in [0.3, 0.4) is 0 Å². The van der Waals surface area contributed by atoms with Crippen LogP contribution in [0.15, 0.2) is 24.3 Å². The van der Waals surface area contributed by atoms with Crippen molar-refractivity contribution in [2.45, 2.75) is 13.8 Å². The molecular formula is C10H15ClN2. The van der Waals surface area contributed by atoms with E-state index < -0.39 is 0 Å². The standard InChI is InChI=1S/C10H14N2.ClH/c1-3-7(2)9-6-8(11)4-5-10(9)12;/h3-6H,11-12H2,1-2H3;1H. The first-order chi connectivity index (χ1) is 5.65. The molecule has 1 aromatic rings. The zero-order chi connectivity index (χ0) is 9.14. The Morgan fingerprint density at radius 2 is 1.92 bits per heavy atom. The minimum absolute atomic E-state index is 0. The Balaban J connectivity index is 0.00000144. The highest BCUT2D eigenvalue weighted by molar-refractivity contribution is 5.85. The molecule has 0 bridgehead atoms. The second kappa shape index (κ2) is 4.77. The van der Waals surface area contributed by atoms with E-state index in [1.165, 1.54) is 0 Å². The summed E-state index contributed by atoms with van der Waals surface area (Å²) in [5, 5.41) is 0. The minimum Gasteiger partial charge on any atom is -0.399 e. The second-order valence-electron chi connectivity index (χ2n) is 2.82. The highest BCUT2D eigenvalue weighted by atomic mass is 35.5. The average molecular weight is 199 g/mol. The lowest BCUT2D eigenvalue weighted by Gasteiger charge is -2.06. The van der Waals surface area contributed by atoms with Crippen molar-refractivity contribution in [3.05, 3.63) is 29.8 Å². The van der Waals surface area contributed by atoms with Gasteiger partial charge in [0.15, 0.2) is 0 Å². The van der Waals surface area contributed by atoms with Crippen molar-refractivity contribution in [1.29, 1.82) is 0 Å². The van der Waals surface area contributed by atoms with E-state index >= 15 is 0 Å². The molecule has 72 valence electrons. The highest BCUT2D eigenvalue weighted by Crippen LogP contribution is 2.23. The highest BCUT2D eigenvalue weighted by Gasteiger charge is 1.99. The molecular weight excluding hydrogens is 184 g/mol. The van der Waals surface area contributed by atoms with Crippen molar-refractivity contribution in [1.82, 2.24) is 0 Å². The Hall–Kier alpha value is -1.15. The molecule has 0 saturated heterocycles. The Morgan fingerprint density at radius 1 is 1.31 bits per heavy atom. The maximum atomic E-state index is 5.77. The van der Waals surface area contributed by atoms with Gasteiger partial charge in [-0.3, -0.25) is 0 Å². The van der Waals surface area contributed by atoms with Crippen LogP contribution in [0.1, 0.15) is 19.4 Å². The smallest absolute Gasteiger partial charge is 0.0391 e. The first kappa shape index (κ1) is 11.8. The van der Waals surface area contributed by atoms with Crippen LogP contribution in [0.5, 0.6) is 0 Å². The van der Waals surface area contributed by atoms with Gasteiger partial charge >= 0.3 is 0 Å². The maximum absolute atomic E-state index is 5.77. The van der Waals surface area contributed by atoms with Gasteiger partial charge in [0, 0.05) is 16.9 Å². The molecule has 1 aromatic carbocycles. The number of nitrogen functional groups attached to an aromatic ring is 2. The molecule has 0 fully saturated rings. The number of rotatable bonds is 1. The van der Waals surface area contributed by atoms with Crippen molar-refractivity contribution in [2.75, 3.05) is 11.5 Å². The molecule has 1 rings (SSSR count). The van der Waals surface area contributed by atoms with Gasteiger partial charge in [-0.2, -0.15) is 0 Å². The van der Waals surface area contributed by atoms with Crippen LogP contribution in [-0.2, 0) is 0 Å². The Bertz CT molecular complexity index is 319. The molecule has 0 aliphatic carbocycles. The SMILES string of the molecule is CC=C(C)c1cc(N)ccc1N.Cl. The van der Waals surface area contributed by atoms with Crippen molar-refractivity contribution < 1.29 is 0 Å². The third kappa shape index (κ3) is 2.67. The fourth-order valence-corrected chi connectivity index (χ4v) is 1.07. The summed E-state index contributed by atoms with van der Waals surface area (Å²) in [6.45, 7) is 4.00. The van der Waals surface area contributed by atoms with Crippen molar-refractivity contribution >= 4 is 29.4 Å². The number of hydrogen-bond donors (Lipinski definition) is 2. The number of allylic oxidation sites excluding steroid dienone is 2. The molecule has 3 heteroatoms. The first-order valence-corrected chi connectivity index (χ1v) is 3.93. The molecule has 0 aliphatic heterocycles. The lowest BCUT2D eigenvalue weighted by atomic mass is 10.0. The van der Waals surface area contributed by atoms with Gasteiger partial charge in [-0.05, 0) is 37.6 Å². The number of halogens is 1. The van der Waals surface area contributed by atoms with Gasteiger partial charge in [0.1, 0.15) is 0 Å². The molecule has 0 unspecified atom stereocenters. The second-order valence-corrected chi connectivity index (χ2v) is 2.82. The van der Waals surface area contributed by atoms with Gasteiger partial charge in [0.05, 0.1) is 0 Å². The number of anilines is 2. The maximum Gasteiger partial charge on any atom is 0.0391 e. The van der Waals surface area contributed by atoms with Gasteiger partial charge in [-0.25, -0.2) is 0 Å². The Labute approximate surface area is 85.0 Å². The zero-order valence-electron chi connectivity index (χ0n) is 7.87. The summed E-state index contributed by atoms with van der Waals surface area (Å²) in [5.74, 6) is 0. The Morgan fingerprint density at radius 3 is 2.46 bits per heavy atom. The number of nitrogens with two attached hydrogens (primary N) is 2. The van der Waals surface area contributed by atoms with Crippen LogP contribution < -0.4 is 11.5 Å². The first-order valence-electron chi connectivity index (χ1n) is 3.93. The van der Waals surface area contributed by atoms with Gasteiger partial charge in [-0.1, -0.05) is 6.08 Å². The van der Waals surface area contributed by atoms with E-state index in [9.17, 15) is 0 Å². The molecule has 4 N–H and O–H groups in total. The van der Waals surface area contributed by atoms with Gasteiger partial charge in [0.25, 0.3) is 0 Å². The lowest BCUT2D eigenvalue weighted by molar-refractivity contribution is 1.53. The molecule has 0 saturated carbocycles. The van der Waals surface area contributed by atoms with Crippen molar-refractivity contribution in [3.63, 3.8) is 0 Å². The molecule has 0 aromatic heterocycles. The van der Waals surface area contributed by atoms with E-state index in [1.807, 2.05) is 38.1 Å². The van der Waals surface area contributed by atoms with Gasteiger partial charge in [-0.15, -0.1) is 12.4 Å². The van der Waals surface area contributed by atoms with Gasteiger partial charge < -0.3 is 11.5 Å². The largest absolute Gasteiger partial charge is 0.399 e. The van der Waals surface area contributed by atoms with Crippen LogP contribution >= 0.6 is 12.4 Å². The summed E-state index contributed by atoms with van der Waals surface area (Å²) >= 11 is 0. The van der Waals surface area contributed by atoms with Crippen molar-refractivity contribution in [3.8, 4) is 0 Å². The summed E-state index contributed by atoms with van der Waals surface area (Å²) in [7, 11) is 0. The summed E-state index contributed by atoms with van der Waals surface area (Å²) in [6, 6.07) is 5.53. The van der Waals surface area contributed by atoms with E-state index in [4.69, 9.17) is 11.5 Å². The fraction of sp³-hybridized carbons (Fsp3) is 0.200. The molecule has 13 heavy (non-hydrogen) atoms. The lowest BCUT2D eigenvalue weighted by Crippen LogP contribution is -1.94. The van der Waals surface area contributed by atoms with E-state index in [0.29, 0.717) is 0 Å². The Kier molecular flexibility index (Phi) is 4.35. The normalized spacial score (nSPS) is 10.8. The predicted molar refractivity (Wildman–Crippen MR) is 61.8 cm³/mol. The molecule has 0 atom stereocenters. The third-order valence-corrected chi connectivity index (χ3v) is 1.94. The van der Waals surface area contributed by atoms with Crippen LogP contribution in [0.4, 0.5) is 11.4 Å². The topological polar surface area (TPSA) is 52.0 Å². The van der Waals surface area contributed by atoms with Crippen molar-refractivity contribution in [2.24, 2.45) is 0 Å². The number of hydrogen-bond acceptors (Lipinski definition) is 2. The third-order valence-electron chi connectivity index (χ3n) is 1.94. The minimum atomic E-state index is 0. The monoisotopic (exact) mass is 198 g/mol. The molecule has 0 spiro atoms. The van der Waals surface area contributed by atoms with E-state index in [0.717, 1.165) is 22.5 Å². The van der Waals surface area contributed by atoms with Crippen LogP contribution in [-0.4, -0.2) is 0 Å². The zero-order valence-corrected chi connectivity index (χ0v) is 8.69. The quantitative estimate of drug-likeness (QED) is 0.682. The molecule has 0 radical (unpaired) electrons. The summed E-state index contributed by atoms with van der Waals surface area (Å²) in [5.41, 5.74) is 15.1. The van der Waals surface area contributed by atoms with Gasteiger partial charge in [0.2, 0.25) is 0 Å². The van der Waals surface area contributed by atoms with E-state index in [-0.39, 0.29) is 12.4 Å². The fourth-order valence-electron chi connectivity index (χ4n) is 1.07. The summed E-state index contributed by atoms with van der Waals surface area (Å²) in [6.07, 6.45) is 2.02. The molecule has 0 amide bonds. The van der Waals surface area contributed by atoms with Crippen LogP contribution in [0.25, 0.3) is 5.57 Å².